The Morgan fingerprint density at radius 2 is 2.28 bits per heavy atom. The summed E-state index contributed by atoms with van der Waals surface area (Å²) < 4.78 is 1.02. The third-order valence-electron chi connectivity index (χ3n) is 3.13. The normalized spacial score (nSPS) is 19.1. The molecule has 1 aliphatic heterocycles. The summed E-state index contributed by atoms with van der Waals surface area (Å²) in [6.45, 7) is 2.45. The van der Waals surface area contributed by atoms with E-state index in [9.17, 15) is 4.79 Å². The lowest BCUT2D eigenvalue weighted by Gasteiger charge is -2.24. The molecule has 1 aromatic heterocycles. The van der Waals surface area contributed by atoms with Crippen molar-refractivity contribution in [2.45, 2.75) is 25.8 Å². The van der Waals surface area contributed by atoms with E-state index in [1.165, 1.54) is 0 Å². The topological polar surface area (TPSA) is 49.3 Å². The smallest absolute Gasteiger partial charge is 0.225 e. The first-order valence-electron chi connectivity index (χ1n) is 5.97. The van der Waals surface area contributed by atoms with Crippen molar-refractivity contribution in [3.05, 3.63) is 15.5 Å². The van der Waals surface area contributed by atoms with Crippen LogP contribution in [0.15, 0.2) is 6.20 Å². The van der Waals surface area contributed by atoms with Crippen molar-refractivity contribution in [2.75, 3.05) is 25.5 Å². The number of nitrogens with zero attached hydrogens (tertiary/aromatic N) is 4. The summed E-state index contributed by atoms with van der Waals surface area (Å²) in [6, 6.07) is 0.107. The molecule has 98 valence electrons. The van der Waals surface area contributed by atoms with Gasteiger partial charge in [0, 0.05) is 33.8 Å². The number of amides is 1. The molecule has 0 bridgehead atoms. The Morgan fingerprint density at radius 1 is 1.56 bits per heavy atom. The molecule has 1 aromatic rings. The predicted molar refractivity (Wildman–Crippen MR) is 78.4 cm³/mol. The number of carbonyl (C=O) groups excluding carboxylic acids is 1. The first-order valence-corrected chi connectivity index (χ1v) is 7.05. The number of carbonyl (C=O) groups is 1. The molecular weight excluding hydrogens is 343 g/mol. The molecule has 2 rings (SSSR count). The molecule has 1 fully saturated rings. The maximum Gasteiger partial charge on any atom is 0.225 e. The summed E-state index contributed by atoms with van der Waals surface area (Å²) in [5.41, 5.74) is 0.974. The quantitative estimate of drug-likeness (QED) is 0.756. The van der Waals surface area contributed by atoms with E-state index < -0.39 is 0 Å². The van der Waals surface area contributed by atoms with Gasteiger partial charge in [0.2, 0.25) is 11.9 Å². The molecule has 1 amide bonds. The van der Waals surface area contributed by atoms with Gasteiger partial charge in [-0.15, -0.1) is 0 Å². The standard InChI is InChI=1S/C12H17IN4O/c1-8(18)17-6-4-5-10(17)11-9(13)7-14-12(15-11)16(2)3/h7,10H,4-6H2,1-3H3/t10-/m0/s1. The van der Waals surface area contributed by atoms with Gasteiger partial charge in [0.25, 0.3) is 0 Å². The molecule has 1 atom stereocenters. The van der Waals surface area contributed by atoms with Crippen molar-refractivity contribution in [3.8, 4) is 0 Å². The molecule has 1 aliphatic rings. The molecule has 2 heterocycles. The van der Waals surface area contributed by atoms with Crippen LogP contribution in [0.5, 0.6) is 0 Å². The largest absolute Gasteiger partial charge is 0.347 e. The highest BCUT2D eigenvalue weighted by molar-refractivity contribution is 14.1. The molecule has 5 nitrogen and oxygen atoms in total. The Bertz CT molecular complexity index is 463. The zero-order chi connectivity index (χ0) is 13.3. The first kappa shape index (κ1) is 13.5. The lowest BCUT2D eigenvalue weighted by Crippen LogP contribution is -2.29. The van der Waals surface area contributed by atoms with Crippen molar-refractivity contribution in [2.24, 2.45) is 0 Å². The van der Waals surface area contributed by atoms with Crippen LogP contribution in [0, 0.1) is 3.57 Å². The van der Waals surface area contributed by atoms with Gasteiger partial charge in [-0.25, -0.2) is 9.97 Å². The summed E-state index contributed by atoms with van der Waals surface area (Å²) in [4.78, 5) is 24.3. The van der Waals surface area contributed by atoms with E-state index in [-0.39, 0.29) is 11.9 Å². The fourth-order valence-electron chi connectivity index (χ4n) is 2.25. The lowest BCUT2D eigenvalue weighted by molar-refractivity contribution is -0.129. The van der Waals surface area contributed by atoms with Gasteiger partial charge in [0.1, 0.15) is 0 Å². The Balaban J connectivity index is 2.37. The van der Waals surface area contributed by atoms with Gasteiger partial charge in [-0.05, 0) is 35.4 Å². The van der Waals surface area contributed by atoms with E-state index in [0.717, 1.165) is 28.7 Å². The summed E-state index contributed by atoms with van der Waals surface area (Å²) in [6.07, 6.45) is 3.86. The number of likely N-dealkylation sites (tertiary alicyclic amines) is 1. The zero-order valence-corrected chi connectivity index (χ0v) is 13.0. The minimum atomic E-state index is 0.107. The van der Waals surface area contributed by atoms with Crippen LogP contribution in [0.4, 0.5) is 5.95 Å². The van der Waals surface area contributed by atoms with Gasteiger partial charge in [0.05, 0.1) is 15.3 Å². The van der Waals surface area contributed by atoms with Gasteiger partial charge in [0.15, 0.2) is 0 Å². The Morgan fingerprint density at radius 3 is 2.89 bits per heavy atom. The molecule has 6 heteroatoms. The third kappa shape index (κ3) is 2.57. The molecular formula is C12H17IN4O. The fourth-order valence-corrected chi connectivity index (χ4v) is 2.87. The number of hydrogen-bond donors (Lipinski definition) is 0. The van der Waals surface area contributed by atoms with E-state index in [2.05, 4.69) is 32.6 Å². The SMILES string of the molecule is CC(=O)N1CCC[C@H]1c1nc(N(C)C)ncc1I. The molecule has 0 saturated carbocycles. The summed E-state index contributed by atoms with van der Waals surface area (Å²) in [5.74, 6) is 0.819. The minimum Gasteiger partial charge on any atom is -0.347 e. The molecule has 0 unspecified atom stereocenters. The average Bonchev–Trinajstić information content (AvgIpc) is 2.78. The van der Waals surface area contributed by atoms with Crippen molar-refractivity contribution in [1.82, 2.24) is 14.9 Å². The highest BCUT2D eigenvalue weighted by Gasteiger charge is 2.30. The molecule has 0 aliphatic carbocycles. The lowest BCUT2D eigenvalue weighted by atomic mass is 10.1. The highest BCUT2D eigenvalue weighted by Crippen LogP contribution is 2.33. The maximum absolute atomic E-state index is 11.6. The number of rotatable bonds is 2. The minimum absolute atomic E-state index is 0.107. The fraction of sp³-hybridized carbons (Fsp3) is 0.583. The van der Waals surface area contributed by atoms with Crippen LogP contribution in [0.25, 0.3) is 0 Å². The summed E-state index contributed by atoms with van der Waals surface area (Å²) in [7, 11) is 3.84. The number of aromatic nitrogens is 2. The maximum atomic E-state index is 11.6. The van der Waals surface area contributed by atoms with E-state index in [1.807, 2.05) is 30.1 Å². The number of hydrogen-bond acceptors (Lipinski definition) is 4. The number of halogens is 1. The van der Waals surface area contributed by atoms with Gasteiger partial charge >= 0.3 is 0 Å². The van der Waals surface area contributed by atoms with Crippen molar-refractivity contribution in [1.29, 1.82) is 0 Å². The third-order valence-corrected chi connectivity index (χ3v) is 3.96. The zero-order valence-electron chi connectivity index (χ0n) is 10.9. The predicted octanol–water partition coefficient (Wildman–Crippen LogP) is 1.83. The monoisotopic (exact) mass is 360 g/mol. The molecule has 18 heavy (non-hydrogen) atoms. The van der Waals surface area contributed by atoms with Gasteiger partial charge < -0.3 is 9.80 Å². The van der Waals surface area contributed by atoms with E-state index in [0.29, 0.717) is 5.95 Å². The summed E-state index contributed by atoms with van der Waals surface area (Å²) in [5, 5.41) is 0. The molecule has 0 radical (unpaired) electrons. The van der Waals surface area contributed by atoms with E-state index >= 15 is 0 Å². The van der Waals surface area contributed by atoms with Crippen molar-refractivity contribution < 1.29 is 4.79 Å². The summed E-state index contributed by atoms with van der Waals surface area (Å²) >= 11 is 2.24. The van der Waals surface area contributed by atoms with E-state index in [4.69, 9.17) is 0 Å². The van der Waals surface area contributed by atoms with Gasteiger partial charge in [-0.1, -0.05) is 0 Å². The molecule has 0 N–H and O–H groups in total. The van der Waals surface area contributed by atoms with Crippen LogP contribution in [-0.2, 0) is 4.79 Å². The Kier molecular flexibility index (Phi) is 4.04. The average molecular weight is 360 g/mol. The second kappa shape index (κ2) is 5.38. The van der Waals surface area contributed by atoms with Crippen LogP contribution in [0.1, 0.15) is 31.5 Å². The Hall–Kier alpha value is -0.920. The highest BCUT2D eigenvalue weighted by atomic mass is 127. The number of anilines is 1. The van der Waals surface area contributed by atoms with Crippen molar-refractivity contribution >= 4 is 34.4 Å². The van der Waals surface area contributed by atoms with Crippen LogP contribution in [0.3, 0.4) is 0 Å². The second-order valence-electron chi connectivity index (χ2n) is 4.67. The van der Waals surface area contributed by atoms with E-state index in [1.54, 1.807) is 6.92 Å². The van der Waals surface area contributed by atoms with Crippen LogP contribution in [-0.4, -0.2) is 41.4 Å². The van der Waals surface area contributed by atoms with Gasteiger partial charge in [-0.3, -0.25) is 4.79 Å². The van der Waals surface area contributed by atoms with Crippen molar-refractivity contribution in [3.63, 3.8) is 0 Å². The van der Waals surface area contributed by atoms with Crippen LogP contribution in [0.2, 0.25) is 0 Å². The second-order valence-corrected chi connectivity index (χ2v) is 5.83. The van der Waals surface area contributed by atoms with Crippen LogP contribution >= 0.6 is 22.6 Å². The molecule has 1 saturated heterocycles. The van der Waals surface area contributed by atoms with Gasteiger partial charge in [-0.2, -0.15) is 0 Å². The van der Waals surface area contributed by atoms with Crippen LogP contribution < -0.4 is 4.90 Å². The molecule has 0 spiro atoms. The molecule has 0 aromatic carbocycles. The Labute approximate surface area is 121 Å². The first-order chi connectivity index (χ1) is 8.50.